The topological polar surface area (TPSA) is 120 Å². The molecule has 1 N–H and O–H groups in total. The molecule has 0 fully saturated rings. The quantitative estimate of drug-likeness (QED) is 0.444. The Morgan fingerprint density at radius 3 is 2.64 bits per heavy atom. The number of H-pyrrole nitrogens is 1. The summed E-state index contributed by atoms with van der Waals surface area (Å²) in [5, 5.41) is 20.5. The van der Waals surface area contributed by atoms with Crippen LogP contribution in [0, 0.1) is 10.1 Å². The molecule has 0 saturated carbocycles. The zero-order valence-corrected chi connectivity index (χ0v) is 13.8. The number of rotatable bonds is 5. The van der Waals surface area contributed by atoms with Crippen molar-refractivity contribution in [2.24, 2.45) is 0 Å². The van der Waals surface area contributed by atoms with Crippen molar-refractivity contribution in [1.82, 2.24) is 15.4 Å². The Hall–Kier alpha value is -2.70. The van der Waals surface area contributed by atoms with Gasteiger partial charge in [-0.3, -0.25) is 10.1 Å². The van der Waals surface area contributed by atoms with Crippen molar-refractivity contribution in [3.05, 3.63) is 32.4 Å². The lowest BCUT2D eigenvalue weighted by molar-refractivity contribution is -0.388. The van der Waals surface area contributed by atoms with Gasteiger partial charge in [-0.1, -0.05) is 0 Å². The van der Waals surface area contributed by atoms with Gasteiger partial charge in [0, 0.05) is 11.6 Å². The van der Waals surface area contributed by atoms with Gasteiger partial charge in [-0.15, -0.1) is 18.3 Å². The summed E-state index contributed by atoms with van der Waals surface area (Å²) in [7, 11) is 0. The maximum atomic E-state index is 12.4. The Bertz CT molecular complexity index is 824. The molecule has 13 heteroatoms. The SMILES string of the molecule is CCOC(=O)c1n[nH]nc1-c1cc(Br)c(OC(F)(F)F)c([N+](=O)[O-])c1. The lowest BCUT2D eigenvalue weighted by Crippen LogP contribution is -2.18. The Labute approximate surface area is 145 Å². The summed E-state index contributed by atoms with van der Waals surface area (Å²) < 4.78 is 45.4. The van der Waals surface area contributed by atoms with Gasteiger partial charge >= 0.3 is 18.0 Å². The summed E-state index contributed by atoms with van der Waals surface area (Å²) >= 11 is 2.79. The van der Waals surface area contributed by atoms with E-state index in [0.717, 1.165) is 12.1 Å². The van der Waals surface area contributed by atoms with Crippen LogP contribution in [0.1, 0.15) is 17.4 Å². The summed E-state index contributed by atoms with van der Waals surface area (Å²) in [6.07, 6.45) is -5.13. The van der Waals surface area contributed by atoms with Crippen molar-refractivity contribution in [2.75, 3.05) is 6.61 Å². The van der Waals surface area contributed by atoms with Gasteiger partial charge in [-0.2, -0.15) is 10.3 Å². The lowest BCUT2D eigenvalue weighted by Gasteiger charge is -2.12. The zero-order chi connectivity index (χ0) is 18.8. The van der Waals surface area contributed by atoms with Crippen LogP contribution in [0.3, 0.4) is 0 Å². The molecule has 0 amide bonds. The molecule has 1 heterocycles. The number of aromatic amines is 1. The molecule has 0 atom stereocenters. The fourth-order valence-electron chi connectivity index (χ4n) is 1.84. The molecule has 9 nitrogen and oxygen atoms in total. The summed E-state index contributed by atoms with van der Waals surface area (Å²) in [5.41, 5.74) is -1.40. The van der Waals surface area contributed by atoms with E-state index in [1.165, 1.54) is 0 Å². The third-order valence-electron chi connectivity index (χ3n) is 2.73. The maximum Gasteiger partial charge on any atom is 0.573 e. The van der Waals surface area contributed by atoms with E-state index in [1.807, 2.05) is 0 Å². The van der Waals surface area contributed by atoms with Crippen molar-refractivity contribution in [3.63, 3.8) is 0 Å². The highest BCUT2D eigenvalue weighted by molar-refractivity contribution is 9.10. The van der Waals surface area contributed by atoms with E-state index in [-0.39, 0.29) is 28.0 Å². The van der Waals surface area contributed by atoms with E-state index < -0.39 is 28.7 Å². The van der Waals surface area contributed by atoms with Gasteiger partial charge in [0.05, 0.1) is 16.0 Å². The van der Waals surface area contributed by atoms with E-state index in [9.17, 15) is 28.1 Å². The van der Waals surface area contributed by atoms with Crippen molar-refractivity contribution in [3.8, 4) is 17.0 Å². The second kappa shape index (κ2) is 7.04. The summed E-state index contributed by atoms with van der Waals surface area (Å²) in [5.74, 6) is -1.87. The number of esters is 1. The van der Waals surface area contributed by atoms with E-state index >= 15 is 0 Å². The molecule has 25 heavy (non-hydrogen) atoms. The van der Waals surface area contributed by atoms with Gasteiger partial charge in [0.25, 0.3) is 0 Å². The minimum absolute atomic E-state index is 0.0371. The monoisotopic (exact) mass is 424 g/mol. The van der Waals surface area contributed by atoms with E-state index in [0.29, 0.717) is 0 Å². The predicted octanol–water partition coefficient (Wildman–Crippen LogP) is 3.22. The number of ether oxygens (including phenoxy) is 2. The molecule has 0 aliphatic carbocycles. The highest BCUT2D eigenvalue weighted by Crippen LogP contribution is 2.41. The normalized spacial score (nSPS) is 11.2. The number of benzene rings is 1. The molecule has 134 valence electrons. The van der Waals surface area contributed by atoms with Crippen LogP contribution in [0.15, 0.2) is 16.6 Å². The Morgan fingerprint density at radius 1 is 1.40 bits per heavy atom. The Balaban J connectivity index is 2.57. The first kappa shape index (κ1) is 18.6. The molecule has 1 aromatic carbocycles. The third-order valence-corrected chi connectivity index (χ3v) is 3.32. The van der Waals surface area contributed by atoms with E-state index in [4.69, 9.17) is 4.74 Å². The number of nitrogens with one attached hydrogen (secondary N) is 1. The average Bonchev–Trinajstić information content (AvgIpc) is 2.97. The molecule has 0 spiro atoms. The molecule has 0 bridgehead atoms. The van der Waals surface area contributed by atoms with Gasteiger partial charge in [-0.25, -0.2) is 4.79 Å². The molecule has 0 aliphatic rings. The summed E-state index contributed by atoms with van der Waals surface area (Å²) in [4.78, 5) is 21.8. The molecule has 0 saturated heterocycles. The van der Waals surface area contributed by atoms with Gasteiger partial charge in [-0.05, 0) is 28.9 Å². The molecule has 2 rings (SSSR count). The maximum absolute atomic E-state index is 12.4. The first-order chi connectivity index (χ1) is 11.6. The van der Waals surface area contributed by atoms with Crippen LogP contribution in [0.25, 0.3) is 11.3 Å². The molecular weight excluding hydrogens is 417 g/mol. The average molecular weight is 425 g/mol. The van der Waals surface area contributed by atoms with Crippen molar-refractivity contribution in [2.45, 2.75) is 13.3 Å². The number of aromatic nitrogens is 3. The second-order valence-corrected chi connectivity index (χ2v) is 5.21. The van der Waals surface area contributed by atoms with Gasteiger partial charge in [0.2, 0.25) is 5.75 Å². The van der Waals surface area contributed by atoms with Crippen LogP contribution in [0.2, 0.25) is 0 Å². The minimum atomic E-state index is -5.13. The van der Waals surface area contributed by atoms with Gasteiger partial charge < -0.3 is 9.47 Å². The van der Waals surface area contributed by atoms with E-state index in [2.05, 4.69) is 36.1 Å². The largest absolute Gasteiger partial charge is 0.573 e. The predicted molar refractivity (Wildman–Crippen MR) is 78.8 cm³/mol. The van der Waals surface area contributed by atoms with Crippen molar-refractivity contribution in [1.29, 1.82) is 0 Å². The summed E-state index contributed by atoms with van der Waals surface area (Å²) in [6.45, 7) is 1.61. The number of nitro benzene ring substituents is 1. The second-order valence-electron chi connectivity index (χ2n) is 4.35. The van der Waals surface area contributed by atoms with Gasteiger partial charge in [0.1, 0.15) is 5.69 Å². The first-order valence-electron chi connectivity index (χ1n) is 6.46. The fourth-order valence-corrected chi connectivity index (χ4v) is 2.37. The first-order valence-corrected chi connectivity index (χ1v) is 7.25. The Kier molecular flexibility index (Phi) is 5.25. The number of hydrogen-bond donors (Lipinski definition) is 1. The molecule has 1 aromatic heterocycles. The van der Waals surface area contributed by atoms with Gasteiger partial charge in [0.15, 0.2) is 5.69 Å². The van der Waals surface area contributed by atoms with Crippen molar-refractivity contribution < 1.29 is 32.4 Å². The number of nitrogens with zero attached hydrogens (tertiary/aromatic N) is 3. The number of carbonyl (C=O) groups is 1. The number of nitro groups is 1. The number of carbonyl (C=O) groups excluding carboxylic acids is 1. The minimum Gasteiger partial charge on any atom is -0.461 e. The van der Waals surface area contributed by atoms with Crippen LogP contribution in [0.4, 0.5) is 18.9 Å². The lowest BCUT2D eigenvalue weighted by atomic mass is 10.1. The number of alkyl halides is 3. The molecule has 0 unspecified atom stereocenters. The van der Waals surface area contributed by atoms with Crippen LogP contribution in [0.5, 0.6) is 5.75 Å². The zero-order valence-electron chi connectivity index (χ0n) is 12.3. The third kappa shape index (κ3) is 4.23. The molecule has 0 radical (unpaired) electrons. The molecule has 2 aromatic rings. The Morgan fingerprint density at radius 2 is 2.08 bits per heavy atom. The number of hydrogen-bond acceptors (Lipinski definition) is 7. The standard InChI is InChI=1S/C12H8BrF3N4O5/c1-2-24-11(21)9-8(17-19-18-9)5-3-6(13)10(25-12(14,15)16)7(4-5)20(22)23/h3-4H,2H2,1H3,(H,17,18,19). The highest BCUT2D eigenvalue weighted by atomic mass is 79.9. The molecular formula is C12H8BrF3N4O5. The van der Waals surface area contributed by atoms with Crippen molar-refractivity contribution >= 4 is 27.6 Å². The number of halogens is 4. The molecule has 0 aliphatic heterocycles. The van der Waals surface area contributed by atoms with Crippen LogP contribution in [-0.4, -0.2) is 39.3 Å². The fraction of sp³-hybridized carbons (Fsp3) is 0.250. The van der Waals surface area contributed by atoms with E-state index in [1.54, 1.807) is 6.92 Å². The summed E-state index contributed by atoms with van der Waals surface area (Å²) in [6, 6.07) is 1.86. The highest BCUT2D eigenvalue weighted by Gasteiger charge is 2.36. The van der Waals surface area contributed by atoms with Crippen LogP contribution in [-0.2, 0) is 4.74 Å². The van der Waals surface area contributed by atoms with Crippen LogP contribution >= 0.6 is 15.9 Å². The van der Waals surface area contributed by atoms with Crippen LogP contribution < -0.4 is 4.74 Å². The smallest absolute Gasteiger partial charge is 0.461 e.